The predicted molar refractivity (Wildman–Crippen MR) is 76.6 cm³/mol. The van der Waals surface area contributed by atoms with E-state index < -0.39 is 10.0 Å². The molecule has 108 valence electrons. The molecule has 0 atom stereocenters. The van der Waals surface area contributed by atoms with E-state index in [1.807, 2.05) is 13.8 Å². The maximum atomic E-state index is 12.5. The van der Waals surface area contributed by atoms with Crippen molar-refractivity contribution in [2.45, 2.75) is 25.7 Å². The number of aryl methyl sites for hydroxylation is 2. The third kappa shape index (κ3) is 2.62. The molecule has 6 nitrogen and oxygen atoms in total. The van der Waals surface area contributed by atoms with Crippen LogP contribution in [-0.2, 0) is 10.0 Å². The number of anilines is 1. The highest BCUT2D eigenvalue weighted by atomic mass is 32.2. The van der Waals surface area contributed by atoms with E-state index in [1.165, 1.54) is 7.11 Å². The number of aromatic nitrogens is 2. The summed E-state index contributed by atoms with van der Waals surface area (Å²) in [6, 6.07) is 4.99. The summed E-state index contributed by atoms with van der Waals surface area (Å²) in [5.41, 5.74) is 2.42. The number of ether oxygens (including phenoxy) is 1. The van der Waals surface area contributed by atoms with Crippen LogP contribution in [0.3, 0.4) is 0 Å². The fraction of sp³-hybridized carbons (Fsp3) is 0.308. The van der Waals surface area contributed by atoms with E-state index in [1.54, 1.807) is 25.1 Å². The fourth-order valence-corrected chi connectivity index (χ4v) is 3.08. The Labute approximate surface area is 118 Å². The molecule has 1 aromatic heterocycles. The van der Waals surface area contributed by atoms with Crippen molar-refractivity contribution in [3.63, 3.8) is 0 Å². The molecule has 0 saturated carbocycles. The average molecular weight is 295 g/mol. The molecule has 1 aromatic carbocycles. The van der Waals surface area contributed by atoms with Crippen LogP contribution in [0, 0.1) is 20.8 Å². The lowest BCUT2D eigenvalue weighted by Gasteiger charge is -2.11. The van der Waals surface area contributed by atoms with Crippen molar-refractivity contribution in [2.24, 2.45) is 0 Å². The minimum absolute atomic E-state index is 0.0973. The SMILES string of the molecule is COc1ccc(C)cc1S(=O)(=O)Nc1n[nH]c(C)c1C. The quantitative estimate of drug-likeness (QED) is 0.905. The number of rotatable bonds is 4. The standard InChI is InChI=1S/C13H17N3O3S/c1-8-5-6-11(19-4)12(7-8)20(17,18)16-13-9(2)10(3)14-15-13/h5-7H,1-4H3,(H2,14,15,16). The second-order valence-electron chi connectivity index (χ2n) is 4.58. The highest BCUT2D eigenvalue weighted by Crippen LogP contribution is 2.27. The molecule has 0 aliphatic heterocycles. The van der Waals surface area contributed by atoms with Gasteiger partial charge in [0.05, 0.1) is 7.11 Å². The summed E-state index contributed by atoms with van der Waals surface area (Å²) in [6.07, 6.45) is 0. The number of methoxy groups -OCH3 is 1. The molecule has 0 fully saturated rings. The Kier molecular flexibility index (Phi) is 3.71. The van der Waals surface area contributed by atoms with E-state index in [4.69, 9.17) is 4.74 Å². The summed E-state index contributed by atoms with van der Waals surface area (Å²) in [6.45, 7) is 5.44. The first-order valence-electron chi connectivity index (χ1n) is 6.04. The topological polar surface area (TPSA) is 84.1 Å². The monoisotopic (exact) mass is 295 g/mol. The second kappa shape index (κ2) is 5.16. The lowest BCUT2D eigenvalue weighted by atomic mass is 10.2. The van der Waals surface area contributed by atoms with Gasteiger partial charge >= 0.3 is 0 Å². The normalized spacial score (nSPS) is 11.4. The lowest BCUT2D eigenvalue weighted by molar-refractivity contribution is 0.402. The number of hydrogen-bond acceptors (Lipinski definition) is 4. The van der Waals surface area contributed by atoms with E-state index in [0.717, 1.165) is 16.8 Å². The summed E-state index contributed by atoms with van der Waals surface area (Å²) in [5.74, 6) is 0.596. The maximum absolute atomic E-state index is 12.5. The summed E-state index contributed by atoms with van der Waals surface area (Å²) in [7, 11) is -2.31. The number of hydrogen-bond donors (Lipinski definition) is 2. The molecular formula is C13H17N3O3S. The van der Waals surface area contributed by atoms with Crippen molar-refractivity contribution in [3.8, 4) is 5.75 Å². The minimum Gasteiger partial charge on any atom is -0.495 e. The van der Waals surface area contributed by atoms with Crippen LogP contribution in [0.15, 0.2) is 23.1 Å². The van der Waals surface area contributed by atoms with Crippen LogP contribution in [0.1, 0.15) is 16.8 Å². The van der Waals surface area contributed by atoms with Crippen LogP contribution in [-0.4, -0.2) is 25.7 Å². The maximum Gasteiger partial charge on any atom is 0.266 e. The average Bonchev–Trinajstić information content (AvgIpc) is 2.70. The van der Waals surface area contributed by atoms with Gasteiger partial charge in [-0.25, -0.2) is 8.42 Å². The zero-order valence-corrected chi connectivity index (χ0v) is 12.6. The Balaban J connectivity index is 2.45. The van der Waals surface area contributed by atoms with E-state index in [0.29, 0.717) is 11.6 Å². The van der Waals surface area contributed by atoms with Crippen molar-refractivity contribution in [1.29, 1.82) is 0 Å². The van der Waals surface area contributed by atoms with Crippen LogP contribution in [0.2, 0.25) is 0 Å². The van der Waals surface area contributed by atoms with Crippen molar-refractivity contribution < 1.29 is 13.2 Å². The van der Waals surface area contributed by atoms with Crippen LogP contribution in [0.4, 0.5) is 5.82 Å². The highest BCUT2D eigenvalue weighted by Gasteiger charge is 2.22. The van der Waals surface area contributed by atoms with Gasteiger partial charge in [0, 0.05) is 11.3 Å². The van der Waals surface area contributed by atoms with Crippen molar-refractivity contribution in [1.82, 2.24) is 10.2 Å². The number of nitrogens with zero attached hydrogens (tertiary/aromatic N) is 1. The van der Waals surface area contributed by atoms with Gasteiger partial charge in [0.15, 0.2) is 5.82 Å². The Morgan fingerprint density at radius 2 is 1.95 bits per heavy atom. The van der Waals surface area contributed by atoms with Crippen LogP contribution < -0.4 is 9.46 Å². The molecule has 2 rings (SSSR count). The molecule has 0 aliphatic carbocycles. The van der Waals surface area contributed by atoms with Crippen molar-refractivity contribution in [3.05, 3.63) is 35.0 Å². The van der Waals surface area contributed by atoms with Gasteiger partial charge < -0.3 is 4.74 Å². The van der Waals surface area contributed by atoms with Gasteiger partial charge in [0.1, 0.15) is 10.6 Å². The van der Waals surface area contributed by atoms with Crippen molar-refractivity contribution >= 4 is 15.8 Å². The highest BCUT2D eigenvalue weighted by molar-refractivity contribution is 7.92. The molecule has 0 radical (unpaired) electrons. The van der Waals surface area contributed by atoms with E-state index in [2.05, 4.69) is 14.9 Å². The first kappa shape index (κ1) is 14.4. The minimum atomic E-state index is -3.75. The lowest BCUT2D eigenvalue weighted by Crippen LogP contribution is -2.15. The summed E-state index contributed by atoms with van der Waals surface area (Å²) in [5, 5.41) is 6.69. The predicted octanol–water partition coefficient (Wildman–Crippen LogP) is 2.14. The first-order valence-corrected chi connectivity index (χ1v) is 7.52. The van der Waals surface area contributed by atoms with Gasteiger partial charge in [0.25, 0.3) is 10.0 Å². The fourth-order valence-electron chi connectivity index (χ4n) is 1.76. The van der Waals surface area contributed by atoms with Gasteiger partial charge in [-0.05, 0) is 38.5 Å². The molecule has 0 unspecified atom stereocenters. The Bertz CT molecular complexity index is 735. The molecule has 2 aromatic rings. The molecule has 0 aliphatic rings. The Morgan fingerprint density at radius 3 is 2.50 bits per heavy atom. The summed E-state index contributed by atoms with van der Waals surface area (Å²) < 4.78 is 32.5. The van der Waals surface area contributed by atoms with Gasteiger partial charge in [-0.15, -0.1) is 0 Å². The van der Waals surface area contributed by atoms with Crippen molar-refractivity contribution in [2.75, 3.05) is 11.8 Å². The smallest absolute Gasteiger partial charge is 0.266 e. The third-order valence-electron chi connectivity index (χ3n) is 3.09. The number of sulfonamides is 1. The zero-order valence-electron chi connectivity index (χ0n) is 11.8. The number of aromatic amines is 1. The van der Waals surface area contributed by atoms with Gasteiger partial charge in [-0.2, -0.15) is 5.10 Å². The van der Waals surface area contributed by atoms with Crippen LogP contribution >= 0.6 is 0 Å². The number of benzene rings is 1. The largest absolute Gasteiger partial charge is 0.495 e. The molecular weight excluding hydrogens is 278 g/mol. The van der Waals surface area contributed by atoms with Crippen LogP contribution in [0.5, 0.6) is 5.75 Å². The van der Waals surface area contributed by atoms with E-state index in [9.17, 15) is 8.42 Å². The molecule has 7 heteroatoms. The van der Waals surface area contributed by atoms with Gasteiger partial charge in [-0.3, -0.25) is 9.82 Å². The second-order valence-corrected chi connectivity index (χ2v) is 6.23. The molecule has 1 heterocycles. The van der Waals surface area contributed by atoms with E-state index in [-0.39, 0.29) is 4.90 Å². The Hall–Kier alpha value is -2.02. The summed E-state index contributed by atoms with van der Waals surface area (Å²) in [4.78, 5) is 0.0973. The van der Waals surface area contributed by atoms with E-state index >= 15 is 0 Å². The molecule has 0 spiro atoms. The zero-order chi connectivity index (χ0) is 14.9. The molecule has 0 saturated heterocycles. The molecule has 0 bridgehead atoms. The number of nitrogens with one attached hydrogen (secondary N) is 2. The first-order chi connectivity index (χ1) is 9.35. The van der Waals surface area contributed by atoms with Gasteiger partial charge in [0.2, 0.25) is 0 Å². The van der Waals surface area contributed by atoms with Crippen LogP contribution in [0.25, 0.3) is 0 Å². The summed E-state index contributed by atoms with van der Waals surface area (Å²) >= 11 is 0. The van der Waals surface area contributed by atoms with Gasteiger partial charge in [-0.1, -0.05) is 6.07 Å². The molecule has 20 heavy (non-hydrogen) atoms. The molecule has 2 N–H and O–H groups in total. The third-order valence-corrected chi connectivity index (χ3v) is 4.45. The molecule has 0 amide bonds. The Morgan fingerprint density at radius 1 is 1.25 bits per heavy atom. The number of H-pyrrole nitrogens is 1.